The number of aromatic nitrogens is 3. The molecular formula is C16H16N4O. The van der Waals surface area contributed by atoms with Gasteiger partial charge in [0.1, 0.15) is 0 Å². The average Bonchev–Trinajstić information content (AvgIpc) is 2.83. The predicted octanol–water partition coefficient (Wildman–Crippen LogP) is 2.40. The van der Waals surface area contributed by atoms with Crippen LogP contribution in [0.5, 0.6) is 0 Å². The zero-order chi connectivity index (χ0) is 15.0. The van der Waals surface area contributed by atoms with Crippen LogP contribution in [0.25, 0.3) is 16.7 Å². The standard InChI is InChI=1S/C16H16N4O/c1-10-9-13(16(21)17-3)14-11(2)19-20(15(14)18-10)12-7-5-4-6-8-12/h4-9H,1-3H3,(H,17,21). The van der Waals surface area contributed by atoms with Gasteiger partial charge in [-0.2, -0.15) is 5.10 Å². The number of amides is 1. The molecule has 1 N–H and O–H groups in total. The summed E-state index contributed by atoms with van der Waals surface area (Å²) in [6.45, 7) is 3.77. The third-order valence-corrected chi connectivity index (χ3v) is 3.41. The minimum atomic E-state index is -0.124. The maximum atomic E-state index is 12.1. The van der Waals surface area contributed by atoms with Crippen molar-refractivity contribution in [3.8, 4) is 5.69 Å². The van der Waals surface area contributed by atoms with Gasteiger partial charge in [0.05, 0.1) is 22.3 Å². The van der Waals surface area contributed by atoms with E-state index in [1.807, 2.05) is 44.2 Å². The maximum Gasteiger partial charge on any atom is 0.251 e. The molecule has 2 aromatic heterocycles. The minimum absolute atomic E-state index is 0.124. The molecule has 0 fully saturated rings. The van der Waals surface area contributed by atoms with Crippen molar-refractivity contribution in [2.45, 2.75) is 13.8 Å². The summed E-state index contributed by atoms with van der Waals surface area (Å²) in [6.07, 6.45) is 0. The van der Waals surface area contributed by atoms with Crippen LogP contribution in [0.1, 0.15) is 21.7 Å². The molecule has 2 heterocycles. The number of nitrogens with zero attached hydrogens (tertiary/aromatic N) is 3. The van der Waals surface area contributed by atoms with Crippen molar-refractivity contribution in [1.29, 1.82) is 0 Å². The highest BCUT2D eigenvalue weighted by Gasteiger charge is 2.18. The lowest BCUT2D eigenvalue weighted by Gasteiger charge is -2.06. The number of nitrogens with one attached hydrogen (secondary N) is 1. The van der Waals surface area contributed by atoms with Crippen LogP contribution < -0.4 is 5.32 Å². The lowest BCUT2D eigenvalue weighted by Crippen LogP contribution is -2.18. The van der Waals surface area contributed by atoms with Crippen LogP contribution in [0.2, 0.25) is 0 Å². The second-order valence-corrected chi connectivity index (χ2v) is 4.92. The summed E-state index contributed by atoms with van der Waals surface area (Å²) < 4.78 is 1.78. The van der Waals surface area contributed by atoms with Gasteiger partial charge < -0.3 is 5.32 Å². The highest BCUT2D eigenvalue weighted by atomic mass is 16.1. The molecule has 0 aliphatic carbocycles. The number of pyridine rings is 1. The Morgan fingerprint density at radius 3 is 2.57 bits per heavy atom. The molecule has 106 valence electrons. The van der Waals surface area contributed by atoms with Crippen LogP contribution in [0.15, 0.2) is 36.4 Å². The molecule has 0 atom stereocenters. The van der Waals surface area contributed by atoms with Crippen LogP contribution >= 0.6 is 0 Å². The highest BCUT2D eigenvalue weighted by molar-refractivity contribution is 6.06. The van der Waals surface area contributed by atoms with E-state index < -0.39 is 0 Å². The van der Waals surface area contributed by atoms with Gasteiger partial charge in [0.2, 0.25) is 0 Å². The number of hydrogen-bond donors (Lipinski definition) is 1. The Morgan fingerprint density at radius 1 is 1.19 bits per heavy atom. The summed E-state index contributed by atoms with van der Waals surface area (Å²) in [7, 11) is 1.63. The fraction of sp³-hybridized carbons (Fsp3) is 0.188. The van der Waals surface area contributed by atoms with Gasteiger partial charge in [-0.3, -0.25) is 4.79 Å². The molecule has 0 radical (unpaired) electrons. The van der Waals surface area contributed by atoms with Crippen molar-refractivity contribution in [2.24, 2.45) is 0 Å². The molecule has 3 rings (SSSR count). The molecule has 5 heteroatoms. The number of hydrogen-bond acceptors (Lipinski definition) is 3. The van der Waals surface area contributed by atoms with Crippen molar-refractivity contribution in [1.82, 2.24) is 20.1 Å². The Labute approximate surface area is 122 Å². The number of benzene rings is 1. The average molecular weight is 280 g/mol. The zero-order valence-corrected chi connectivity index (χ0v) is 12.2. The van der Waals surface area contributed by atoms with Crippen molar-refractivity contribution in [3.63, 3.8) is 0 Å². The summed E-state index contributed by atoms with van der Waals surface area (Å²) in [5.41, 5.74) is 3.83. The Hall–Kier alpha value is -2.69. The van der Waals surface area contributed by atoms with Crippen LogP contribution in [0.3, 0.4) is 0 Å². The molecular weight excluding hydrogens is 264 g/mol. The Morgan fingerprint density at radius 2 is 1.90 bits per heavy atom. The molecule has 0 unspecified atom stereocenters. The highest BCUT2D eigenvalue weighted by Crippen LogP contribution is 2.24. The summed E-state index contributed by atoms with van der Waals surface area (Å²) >= 11 is 0. The van der Waals surface area contributed by atoms with Crippen molar-refractivity contribution >= 4 is 16.9 Å². The first-order valence-electron chi connectivity index (χ1n) is 6.76. The molecule has 1 amide bonds. The summed E-state index contributed by atoms with van der Waals surface area (Å²) in [6, 6.07) is 11.6. The molecule has 0 aliphatic rings. The zero-order valence-electron chi connectivity index (χ0n) is 12.2. The van der Waals surface area contributed by atoms with E-state index in [0.717, 1.165) is 22.5 Å². The predicted molar refractivity (Wildman–Crippen MR) is 81.7 cm³/mol. The van der Waals surface area contributed by atoms with E-state index >= 15 is 0 Å². The summed E-state index contributed by atoms with van der Waals surface area (Å²) in [5, 5.41) is 8.02. The second kappa shape index (κ2) is 5.01. The molecule has 5 nitrogen and oxygen atoms in total. The first-order valence-corrected chi connectivity index (χ1v) is 6.76. The molecule has 1 aromatic carbocycles. The molecule has 3 aromatic rings. The fourth-order valence-corrected chi connectivity index (χ4v) is 2.48. The van der Waals surface area contributed by atoms with Gasteiger partial charge in [0.15, 0.2) is 5.65 Å². The third-order valence-electron chi connectivity index (χ3n) is 3.41. The Bertz CT molecular complexity index is 821. The van der Waals surface area contributed by atoms with Gasteiger partial charge in [0.25, 0.3) is 5.91 Å². The SMILES string of the molecule is CNC(=O)c1cc(C)nc2c1c(C)nn2-c1ccccc1. The van der Waals surface area contributed by atoms with Gasteiger partial charge in [-0.25, -0.2) is 9.67 Å². The maximum absolute atomic E-state index is 12.1. The van der Waals surface area contributed by atoms with E-state index in [1.165, 1.54) is 0 Å². The van der Waals surface area contributed by atoms with Crippen LogP contribution in [-0.4, -0.2) is 27.7 Å². The number of aryl methyl sites for hydroxylation is 2. The molecule has 0 bridgehead atoms. The van der Waals surface area contributed by atoms with Crippen molar-refractivity contribution in [2.75, 3.05) is 7.05 Å². The van der Waals surface area contributed by atoms with Crippen molar-refractivity contribution in [3.05, 3.63) is 53.3 Å². The van der Waals surface area contributed by atoms with Crippen molar-refractivity contribution < 1.29 is 4.79 Å². The van der Waals surface area contributed by atoms with Gasteiger partial charge in [-0.15, -0.1) is 0 Å². The van der Waals surface area contributed by atoms with Gasteiger partial charge >= 0.3 is 0 Å². The lowest BCUT2D eigenvalue weighted by atomic mass is 10.1. The smallest absolute Gasteiger partial charge is 0.251 e. The fourth-order valence-electron chi connectivity index (χ4n) is 2.48. The molecule has 0 spiro atoms. The Kier molecular flexibility index (Phi) is 3.17. The lowest BCUT2D eigenvalue weighted by molar-refractivity contribution is 0.0964. The van der Waals surface area contributed by atoms with E-state index in [4.69, 9.17) is 0 Å². The number of para-hydroxylation sites is 1. The first kappa shape index (κ1) is 13.3. The van der Waals surface area contributed by atoms with E-state index in [1.54, 1.807) is 17.8 Å². The van der Waals surface area contributed by atoms with E-state index in [9.17, 15) is 4.79 Å². The Balaban J connectivity index is 2.36. The van der Waals surface area contributed by atoms with Crippen LogP contribution in [0, 0.1) is 13.8 Å². The number of fused-ring (bicyclic) bond motifs is 1. The van der Waals surface area contributed by atoms with Gasteiger partial charge in [0, 0.05) is 12.7 Å². The normalized spacial score (nSPS) is 10.8. The van der Waals surface area contributed by atoms with E-state index in [2.05, 4.69) is 15.4 Å². The molecule has 0 saturated heterocycles. The topological polar surface area (TPSA) is 59.8 Å². The monoisotopic (exact) mass is 280 g/mol. The quantitative estimate of drug-likeness (QED) is 0.784. The van der Waals surface area contributed by atoms with Crippen LogP contribution in [0.4, 0.5) is 0 Å². The minimum Gasteiger partial charge on any atom is -0.355 e. The van der Waals surface area contributed by atoms with E-state index in [-0.39, 0.29) is 5.91 Å². The number of carbonyl (C=O) groups is 1. The third kappa shape index (κ3) is 2.16. The molecule has 21 heavy (non-hydrogen) atoms. The summed E-state index contributed by atoms with van der Waals surface area (Å²) in [5.74, 6) is -0.124. The van der Waals surface area contributed by atoms with Gasteiger partial charge in [-0.1, -0.05) is 18.2 Å². The number of carbonyl (C=O) groups excluding carboxylic acids is 1. The second-order valence-electron chi connectivity index (χ2n) is 4.92. The van der Waals surface area contributed by atoms with E-state index in [0.29, 0.717) is 11.2 Å². The molecule has 0 aliphatic heterocycles. The molecule has 0 saturated carbocycles. The largest absolute Gasteiger partial charge is 0.355 e. The van der Waals surface area contributed by atoms with Gasteiger partial charge in [-0.05, 0) is 32.0 Å². The van der Waals surface area contributed by atoms with Crippen LogP contribution in [-0.2, 0) is 0 Å². The number of rotatable bonds is 2. The first-order chi connectivity index (χ1) is 10.1. The summed E-state index contributed by atoms with van der Waals surface area (Å²) in [4.78, 5) is 16.7.